The summed E-state index contributed by atoms with van der Waals surface area (Å²) in [5.74, 6) is -2.77. The minimum Gasteiger partial charge on any atom is -0.507 e. The lowest BCUT2D eigenvalue weighted by Gasteiger charge is -2.09. The molecule has 0 spiro atoms. The maximum absolute atomic E-state index is 13.7. The second kappa shape index (κ2) is 5.15. The highest BCUT2D eigenvalue weighted by Gasteiger charge is 2.17. The van der Waals surface area contributed by atoms with E-state index in [1.54, 1.807) is 0 Å². The Labute approximate surface area is 94.9 Å². The lowest BCUT2D eigenvalue weighted by atomic mass is 10.0. The van der Waals surface area contributed by atoms with E-state index in [2.05, 4.69) is 10.0 Å². The van der Waals surface area contributed by atoms with E-state index in [0.717, 1.165) is 6.07 Å². The van der Waals surface area contributed by atoms with Gasteiger partial charge in [-0.15, -0.1) is 0 Å². The summed E-state index contributed by atoms with van der Waals surface area (Å²) in [6, 6.07) is 1.02. The zero-order chi connectivity index (χ0) is 13.0. The minimum atomic E-state index is -1.28. The van der Waals surface area contributed by atoms with E-state index in [9.17, 15) is 14.3 Å². The molecule has 1 rings (SSSR count). The van der Waals surface area contributed by atoms with Gasteiger partial charge < -0.3 is 15.9 Å². The molecule has 90 valence electrons. The zero-order valence-corrected chi connectivity index (χ0v) is 8.54. The number of nitrogens with two attached hydrogens (primary N) is 1. The predicted molar refractivity (Wildman–Crippen MR) is 56.2 cm³/mol. The van der Waals surface area contributed by atoms with Crippen molar-refractivity contribution in [1.82, 2.24) is 0 Å². The van der Waals surface area contributed by atoms with Gasteiger partial charge in [-0.1, -0.05) is 11.2 Å². The normalized spacial score (nSPS) is 11.6. The van der Waals surface area contributed by atoms with E-state index in [1.165, 1.54) is 6.07 Å². The smallest absolute Gasteiger partial charge is 0.320 e. The number of nitrogens with zero attached hydrogens (tertiary/aromatic N) is 3. The molecule has 0 heterocycles. The first kappa shape index (κ1) is 12.8. The van der Waals surface area contributed by atoms with Crippen molar-refractivity contribution in [2.75, 3.05) is 0 Å². The van der Waals surface area contributed by atoms with Crippen LogP contribution in [0.2, 0.25) is 0 Å². The fourth-order valence-corrected chi connectivity index (χ4v) is 1.22. The van der Waals surface area contributed by atoms with Crippen molar-refractivity contribution in [3.8, 4) is 5.75 Å². The van der Waals surface area contributed by atoms with Gasteiger partial charge in [0.25, 0.3) is 0 Å². The van der Waals surface area contributed by atoms with Crippen LogP contribution in [0.25, 0.3) is 10.4 Å². The molecule has 0 unspecified atom stereocenters. The van der Waals surface area contributed by atoms with E-state index in [1.807, 2.05) is 0 Å². The Balaban J connectivity index is 3.14. The number of hydrogen-bond donors (Lipinski definition) is 3. The van der Waals surface area contributed by atoms with E-state index >= 15 is 0 Å². The molecule has 0 amide bonds. The maximum atomic E-state index is 13.7. The number of hydrogen-bond acceptors (Lipinski definition) is 4. The van der Waals surface area contributed by atoms with E-state index in [4.69, 9.17) is 16.4 Å². The van der Waals surface area contributed by atoms with Crippen LogP contribution >= 0.6 is 0 Å². The van der Waals surface area contributed by atoms with Gasteiger partial charge in [0.15, 0.2) is 0 Å². The number of aromatic hydroxyl groups is 1. The monoisotopic (exact) mass is 240 g/mol. The standard InChI is InChI=1S/C9H9FN4O3/c10-7-4(3-5(11)9(16)17)1-2-6(15)8(7)13-14-12/h1-2,5,15H,3,11H2,(H,16,17)/t5-/m0/s1. The summed E-state index contributed by atoms with van der Waals surface area (Å²) in [4.78, 5) is 12.9. The highest BCUT2D eigenvalue weighted by atomic mass is 19.1. The van der Waals surface area contributed by atoms with Crippen LogP contribution in [0.15, 0.2) is 17.2 Å². The number of azide groups is 1. The van der Waals surface area contributed by atoms with Gasteiger partial charge in [-0.2, -0.15) is 0 Å². The molecule has 0 fully saturated rings. The second-order valence-electron chi connectivity index (χ2n) is 3.24. The number of phenols is 1. The lowest BCUT2D eigenvalue weighted by molar-refractivity contribution is -0.138. The van der Waals surface area contributed by atoms with Gasteiger partial charge in [-0.3, -0.25) is 4.79 Å². The summed E-state index contributed by atoms with van der Waals surface area (Å²) in [5, 5.41) is 20.8. The average Bonchev–Trinajstić information content (AvgIpc) is 2.28. The van der Waals surface area contributed by atoms with Crippen LogP contribution in [-0.4, -0.2) is 22.2 Å². The Bertz CT molecular complexity index is 499. The molecule has 0 aliphatic carbocycles. The van der Waals surface area contributed by atoms with Gasteiger partial charge in [0.2, 0.25) is 0 Å². The summed E-state index contributed by atoms with van der Waals surface area (Å²) in [7, 11) is 0. The molecule has 0 saturated heterocycles. The molecule has 0 aromatic heterocycles. The number of carbonyl (C=O) groups is 1. The second-order valence-corrected chi connectivity index (χ2v) is 3.24. The molecule has 7 nitrogen and oxygen atoms in total. The Hall–Kier alpha value is -2.31. The van der Waals surface area contributed by atoms with Crippen molar-refractivity contribution in [3.05, 3.63) is 34.0 Å². The molecule has 17 heavy (non-hydrogen) atoms. The summed E-state index contributed by atoms with van der Waals surface area (Å²) >= 11 is 0. The Kier molecular flexibility index (Phi) is 3.86. The van der Waals surface area contributed by atoms with Crippen LogP contribution in [0.3, 0.4) is 0 Å². The molecule has 0 radical (unpaired) electrons. The van der Waals surface area contributed by atoms with Gasteiger partial charge in [-0.25, -0.2) is 4.39 Å². The number of carboxylic acids is 1. The topological polar surface area (TPSA) is 132 Å². The average molecular weight is 240 g/mol. The molecule has 1 aromatic carbocycles. The molecular formula is C9H9FN4O3. The Morgan fingerprint density at radius 3 is 2.82 bits per heavy atom. The van der Waals surface area contributed by atoms with Gasteiger partial charge in [-0.05, 0) is 17.2 Å². The summed E-state index contributed by atoms with van der Waals surface area (Å²) < 4.78 is 13.7. The first-order valence-electron chi connectivity index (χ1n) is 4.51. The molecule has 0 aliphatic heterocycles. The molecule has 0 aliphatic rings. The molecule has 1 aromatic rings. The molecular weight excluding hydrogens is 231 g/mol. The van der Waals surface area contributed by atoms with Crippen LogP contribution in [-0.2, 0) is 11.2 Å². The van der Waals surface area contributed by atoms with Crippen molar-refractivity contribution < 1.29 is 19.4 Å². The zero-order valence-electron chi connectivity index (χ0n) is 8.54. The van der Waals surface area contributed by atoms with Crippen LogP contribution in [0, 0.1) is 5.82 Å². The number of rotatable bonds is 4. The third-order valence-electron chi connectivity index (χ3n) is 2.08. The van der Waals surface area contributed by atoms with Crippen molar-refractivity contribution in [1.29, 1.82) is 0 Å². The third-order valence-corrected chi connectivity index (χ3v) is 2.08. The van der Waals surface area contributed by atoms with Gasteiger partial charge in [0.05, 0.1) is 0 Å². The summed E-state index contributed by atoms with van der Waals surface area (Å²) in [5.41, 5.74) is 12.8. The van der Waals surface area contributed by atoms with Gasteiger partial charge in [0, 0.05) is 11.3 Å². The van der Waals surface area contributed by atoms with Crippen LogP contribution in [0.4, 0.5) is 10.1 Å². The molecule has 8 heteroatoms. The van der Waals surface area contributed by atoms with Gasteiger partial charge in [0.1, 0.15) is 23.3 Å². The van der Waals surface area contributed by atoms with E-state index < -0.39 is 29.3 Å². The van der Waals surface area contributed by atoms with Crippen LogP contribution in [0.1, 0.15) is 5.56 Å². The SMILES string of the molecule is [N-]=[N+]=Nc1c(O)ccc(C[C@H](N)C(=O)O)c1F. The lowest BCUT2D eigenvalue weighted by Crippen LogP contribution is -2.32. The van der Waals surface area contributed by atoms with Crippen molar-refractivity contribution in [2.45, 2.75) is 12.5 Å². The van der Waals surface area contributed by atoms with Crippen molar-refractivity contribution in [2.24, 2.45) is 10.8 Å². The Morgan fingerprint density at radius 2 is 2.29 bits per heavy atom. The Morgan fingerprint density at radius 1 is 1.65 bits per heavy atom. The van der Waals surface area contributed by atoms with E-state index in [-0.39, 0.29) is 12.0 Å². The molecule has 1 atom stereocenters. The van der Waals surface area contributed by atoms with E-state index in [0.29, 0.717) is 0 Å². The number of aliphatic carboxylic acids is 1. The number of phenolic OH excluding ortho intramolecular Hbond substituents is 1. The first-order chi connectivity index (χ1) is 7.97. The van der Waals surface area contributed by atoms with Crippen molar-refractivity contribution >= 4 is 11.7 Å². The highest BCUT2D eigenvalue weighted by Crippen LogP contribution is 2.32. The molecule has 0 saturated carbocycles. The van der Waals surface area contributed by atoms with Crippen LogP contribution in [0.5, 0.6) is 5.75 Å². The highest BCUT2D eigenvalue weighted by molar-refractivity contribution is 5.73. The molecule has 0 bridgehead atoms. The third kappa shape index (κ3) is 2.83. The largest absolute Gasteiger partial charge is 0.507 e. The van der Waals surface area contributed by atoms with Crippen molar-refractivity contribution in [3.63, 3.8) is 0 Å². The van der Waals surface area contributed by atoms with Crippen LogP contribution < -0.4 is 5.73 Å². The van der Waals surface area contributed by atoms with Gasteiger partial charge >= 0.3 is 5.97 Å². The predicted octanol–water partition coefficient (Wildman–Crippen LogP) is 1.43. The maximum Gasteiger partial charge on any atom is 0.320 e. The quantitative estimate of drug-likeness (QED) is 0.417. The minimum absolute atomic E-state index is 0.0416. The summed E-state index contributed by atoms with van der Waals surface area (Å²) in [6.45, 7) is 0. The number of benzene rings is 1. The molecule has 4 N–H and O–H groups in total. The number of halogens is 1. The number of carboxylic acid groups (broad SMARTS) is 1. The first-order valence-corrected chi connectivity index (χ1v) is 4.51. The summed E-state index contributed by atoms with van der Waals surface area (Å²) in [6.07, 6.45) is -0.268. The fourth-order valence-electron chi connectivity index (χ4n) is 1.22. The fraction of sp³-hybridized carbons (Fsp3) is 0.222.